The van der Waals surface area contributed by atoms with Crippen LogP contribution >= 0.6 is 0 Å². The van der Waals surface area contributed by atoms with Crippen LogP contribution in [0.5, 0.6) is 0 Å². The first-order valence-corrected chi connectivity index (χ1v) is 7.58. The summed E-state index contributed by atoms with van der Waals surface area (Å²) in [6.07, 6.45) is 4.55. The van der Waals surface area contributed by atoms with E-state index in [1.807, 2.05) is 26.0 Å². The number of hydrogen-bond donors (Lipinski definition) is 2. The Bertz CT molecular complexity index is 806. The molecule has 1 amide bonds. The average molecular weight is 322 g/mol. The standard InChI is InChI=1S/C18H18N4O2/c1-12-6-13(2)8-14(7-12)22-17-11-19-16(10-20-17)18(23)21-9-15-4-3-5-24-15/h3-8,10-11H,9H2,1-2H3,(H,20,22)(H,21,23). The van der Waals surface area contributed by atoms with Crippen molar-refractivity contribution in [2.75, 3.05) is 5.32 Å². The molecule has 0 aliphatic heterocycles. The minimum atomic E-state index is -0.295. The molecule has 6 heteroatoms. The van der Waals surface area contributed by atoms with Gasteiger partial charge in [-0.1, -0.05) is 6.07 Å². The highest BCUT2D eigenvalue weighted by atomic mass is 16.3. The predicted octanol–water partition coefficient (Wildman–Crippen LogP) is 3.36. The topological polar surface area (TPSA) is 80.0 Å². The molecule has 0 unspecified atom stereocenters. The lowest BCUT2D eigenvalue weighted by Crippen LogP contribution is -2.23. The van der Waals surface area contributed by atoms with E-state index in [2.05, 4.69) is 26.7 Å². The van der Waals surface area contributed by atoms with Gasteiger partial charge in [0, 0.05) is 5.69 Å². The van der Waals surface area contributed by atoms with Gasteiger partial charge in [-0.15, -0.1) is 0 Å². The van der Waals surface area contributed by atoms with Crippen LogP contribution in [0.4, 0.5) is 11.5 Å². The summed E-state index contributed by atoms with van der Waals surface area (Å²) >= 11 is 0. The summed E-state index contributed by atoms with van der Waals surface area (Å²) in [4.78, 5) is 20.4. The van der Waals surface area contributed by atoms with Crippen LogP contribution in [0.1, 0.15) is 27.4 Å². The summed E-state index contributed by atoms with van der Waals surface area (Å²) in [6, 6.07) is 9.72. The lowest BCUT2D eigenvalue weighted by atomic mass is 10.1. The second-order valence-corrected chi connectivity index (χ2v) is 5.55. The zero-order valence-corrected chi connectivity index (χ0v) is 13.5. The Labute approximate surface area is 140 Å². The van der Waals surface area contributed by atoms with Crippen LogP contribution in [-0.2, 0) is 6.54 Å². The summed E-state index contributed by atoms with van der Waals surface area (Å²) in [5.41, 5.74) is 3.53. The monoisotopic (exact) mass is 322 g/mol. The second-order valence-electron chi connectivity index (χ2n) is 5.55. The largest absolute Gasteiger partial charge is 0.467 e. The zero-order chi connectivity index (χ0) is 16.9. The van der Waals surface area contributed by atoms with Crippen molar-refractivity contribution in [2.24, 2.45) is 0 Å². The molecule has 0 bridgehead atoms. The van der Waals surface area contributed by atoms with Gasteiger partial charge in [-0.2, -0.15) is 0 Å². The Kier molecular flexibility index (Phi) is 4.56. The fraction of sp³-hybridized carbons (Fsp3) is 0.167. The van der Waals surface area contributed by atoms with Gasteiger partial charge in [0.05, 0.1) is 25.2 Å². The third-order valence-electron chi connectivity index (χ3n) is 3.38. The van der Waals surface area contributed by atoms with Gasteiger partial charge < -0.3 is 15.1 Å². The molecule has 6 nitrogen and oxygen atoms in total. The molecule has 0 aliphatic rings. The molecule has 1 aromatic carbocycles. The molecule has 3 aromatic rings. The Morgan fingerprint density at radius 1 is 1.12 bits per heavy atom. The third kappa shape index (κ3) is 3.98. The number of carbonyl (C=O) groups is 1. The van der Waals surface area contributed by atoms with Crippen molar-refractivity contribution >= 4 is 17.4 Å². The molecule has 0 spiro atoms. The maximum absolute atomic E-state index is 12.0. The van der Waals surface area contributed by atoms with Crippen LogP contribution in [0.15, 0.2) is 53.4 Å². The number of anilines is 2. The van der Waals surface area contributed by atoms with Crippen LogP contribution < -0.4 is 10.6 Å². The van der Waals surface area contributed by atoms with Gasteiger partial charge >= 0.3 is 0 Å². The van der Waals surface area contributed by atoms with E-state index < -0.39 is 0 Å². The molecule has 3 rings (SSSR count). The van der Waals surface area contributed by atoms with E-state index >= 15 is 0 Å². The number of carbonyl (C=O) groups excluding carboxylic acids is 1. The van der Waals surface area contributed by atoms with E-state index in [-0.39, 0.29) is 11.6 Å². The number of aryl methyl sites for hydroxylation is 2. The van der Waals surface area contributed by atoms with Gasteiger partial charge in [0.15, 0.2) is 0 Å². The molecule has 0 fully saturated rings. The first-order valence-electron chi connectivity index (χ1n) is 7.58. The summed E-state index contributed by atoms with van der Waals surface area (Å²) in [6.45, 7) is 4.39. The number of aromatic nitrogens is 2. The Balaban J connectivity index is 1.63. The van der Waals surface area contributed by atoms with E-state index in [0.29, 0.717) is 18.1 Å². The molecule has 24 heavy (non-hydrogen) atoms. The molecule has 122 valence electrons. The van der Waals surface area contributed by atoms with E-state index in [1.54, 1.807) is 24.6 Å². The number of hydrogen-bond acceptors (Lipinski definition) is 5. The Hall–Kier alpha value is -3.15. The van der Waals surface area contributed by atoms with Crippen molar-refractivity contribution in [3.63, 3.8) is 0 Å². The maximum Gasteiger partial charge on any atom is 0.271 e. The highest BCUT2D eigenvalue weighted by Gasteiger charge is 2.08. The van der Waals surface area contributed by atoms with Gasteiger partial charge in [0.1, 0.15) is 17.3 Å². The number of nitrogens with one attached hydrogen (secondary N) is 2. The van der Waals surface area contributed by atoms with Crippen molar-refractivity contribution in [3.8, 4) is 0 Å². The Morgan fingerprint density at radius 2 is 1.92 bits per heavy atom. The van der Waals surface area contributed by atoms with Gasteiger partial charge in [-0.25, -0.2) is 9.97 Å². The fourth-order valence-corrected chi connectivity index (χ4v) is 2.38. The minimum absolute atomic E-state index is 0.257. The van der Waals surface area contributed by atoms with E-state index in [0.717, 1.165) is 5.69 Å². The van der Waals surface area contributed by atoms with Gasteiger partial charge in [0.25, 0.3) is 5.91 Å². The molecule has 2 aromatic heterocycles. The highest BCUT2D eigenvalue weighted by molar-refractivity contribution is 5.91. The van der Waals surface area contributed by atoms with Crippen LogP contribution in [-0.4, -0.2) is 15.9 Å². The molecule has 0 saturated heterocycles. The van der Waals surface area contributed by atoms with Crippen LogP contribution in [0, 0.1) is 13.8 Å². The second kappa shape index (κ2) is 6.95. The highest BCUT2D eigenvalue weighted by Crippen LogP contribution is 2.17. The van der Waals surface area contributed by atoms with Crippen LogP contribution in [0.3, 0.4) is 0 Å². The van der Waals surface area contributed by atoms with Gasteiger partial charge in [-0.05, 0) is 49.2 Å². The summed E-state index contributed by atoms with van der Waals surface area (Å²) in [7, 11) is 0. The first-order chi connectivity index (χ1) is 11.6. The molecule has 2 heterocycles. The van der Waals surface area contributed by atoms with Gasteiger partial charge in [-0.3, -0.25) is 4.79 Å². The molecule has 2 N–H and O–H groups in total. The van der Waals surface area contributed by atoms with E-state index in [1.165, 1.54) is 17.3 Å². The summed E-state index contributed by atoms with van der Waals surface area (Å²) in [5.74, 6) is 0.976. The van der Waals surface area contributed by atoms with Crippen molar-refractivity contribution in [3.05, 3.63) is 71.6 Å². The van der Waals surface area contributed by atoms with Crippen molar-refractivity contribution in [1.29, 1.82) is 0 Å². The normalized spacial score (nSPS) is 10.4. The van der Waals surface area contributed by atoms with Crippen molar-refractivity contribution in [1.82, 2.24) is 15.3 Å². The Morgan fingerprint density at radius 3 is 2.54 bits per heavy atom. The summed E-state index contributed by atoms with van der Waals surface area (Å²) < 4.78 is 5.16. The molecular weight excluding hydrogens is 304 g/mol. The van der Waals surface area contributed by atoms with Crippen molar-refractivity contribution < 1.29 is 9.21 Å². The van der Waals surface area contributed by atoms with Crippen molar-refractivity contribution in [2.45, 2.75) is 20.4 Å². The lowest BCUT2D eigenvalue weighted by Gasteiger charge is -2.08. The number of rotatable bonds is 5. The average Bonchev–Trinajstić information content (AvgIpc) is 3.06. The number of benzene rings is 1. The minimum Gasteiger partial charge on any atom is -0.467 e. The van der Waals surface area contributed by atoms with Gasteiger partial charge in [0.2, 0.25) is 0 Å². The van der Waals surface area contributed by atoms with E-state index in [4.69, 9.17) is 4.42 Å². The molecule has 0 saturated carbocycles. The number of furan rings is 1. The SMILES string of the molecule is Cc1cc(C)cc(Nc2cnc(C(=O)NCc3ccco3)cn2)c1. The first kappa shape index (κ1) is 15.7. The smallest absolute Gasteiger partial charge is 0.271 e. The maximum atomic E-state index is 12.0. The predicted molar refractivity (Wildman–Crippen MR) is 91.1 cm³/mol. The fourth-order valence-electron chi connectivity index (χ4n) is 2.38. The van der Waals surface area contributed by atoms with Crippen LogP contribution in [0.25, 0.3) is 0 Å². The molecule has 0 radical (unpaired) electrons. The van der Waals surface area contributed by atoms with Crippen LogP contribution in [0.2, 0.25) is 0 Å². The lowest BCUT2D eigenvalue weighted by molar-refractivity contribution is 0.0942. The molecule has 0 atom stereocenters. The number of nitrogens with zero attached hydrogens (tertiary/aromatic N) is 2. The molecular formula is C18H18N4O2. The quantitative estimate of drug-likeness (QED) is 0.753. The molecule has 0 aliphatic carbocycles. The third-order valence-corrected chi connectivity index (χ3v) is 3.38. The summed E-state index contributed by atoms with van der Waals surface area (Å²) in [5, 5.41) is 5.92. The van der Waals surface area contributed by atoms with E-state index in [9.17, 15) is 4.79 Å². The number of amides is 1. The zero-order valence-electron chi connectivity index (χ0n) is 13.5.